The smallest absolute Gasteiger partial charge is 0.371 e. The number of piperidine rings is 2. The van der Waals surface area contributed by atoms with Crippen LogP contribution in [0, 0.1) is 5.41 Å². The van der Waals surface area contributed by atoms with Crippen LogP contribution >= 0.6 is 0 Å². The summed E-state index contributed by atoms with van der Waals surface area (Å²) in [5, 5.41) is 0. The molecule has 4 heterocycles. The molecule has 6 rings (SSSR count). The Kier molecular flexibility index (Phi) is 7.87. The molecule has 0 radical (unpaired) electrons. The predicted octanol–water partition coefficient (Wildman–Crippen LogP) is 5.69. The van der Waals surface area contributed by atoms with E-state index in [4.69, 9.17) is 0 Å². The molecule has 1 amide bonds. The van der Waals surface area contributed by atoms with E-state index in [-0.39, 0.29) is 24.3 Å². The Labute approximate surface area is 250 Å². The van der Waals surface area contributed by atoms with Crippen molar-refractivity contribution in [1.29, 1.82) is 0 Å². The number of hydrogen-bond acceptors (Lipinski definition) is 5. The summed E-state index contributed by atoms with van der Waals surface area (Å²) in [7, 11) is -4.48. The zero-order valence-electron chi connectivity index (χ0n) is 23.9. The fourth-order valence-electron chi connectivity index (χ4n) is 6.80. The number of rotatable bonds is 5. The summed E-state index contributed by atoms with van der Waals surface area (Å²) < 4.78 is 69.4. The highest BCUT2D eigenvalue weighted by atomic mass is 32.2. The number of sulfonamides is 1. The molecule has 0 bridgehead atoms. The fourth-order valence-corrected chi connectivity index (χ4v) is 8.55. The van der Waals surface area contributed by atoms with E-state index in [1.807, 2.05) is 35.5 Å². The number of nitrogens with zero attached hydrogens (tertiary/aromatic N) is 4. The number of aromatic nitrogens is 1. The van der Waals surface area contributed by atoms with E-state index in [0.29, 0.717) is 37.2 Å². The average molecular weight is 613 g/mol. The van der Waals surface area contributed by atoms with Crippen LogP contribution in [0.4, 0.5) is 24.5 Å². The highest BCUT2D eigenvalue weighted by Crippen LogP contribution is 2.43. The highest BCUT2D eigenvalue weighted by molar-refractivity contribution is 7.92. The number of alkyl halides is 3. The number of likely N-dealkylation sites (tertiary alicyclic amines) is 1. The van der Waals surface area contributed by atoms with Gasteiger partial charge in [-0.2, -0.15) is 13.2 Å². The van der Waals surface area contributed by atoms with Crippen molar-refractivity contribution in [3.63, 3.8) is 0 Å². The van der Waals surface area contributed by atoms with Crippen LogP contribution < -0.4 is 9.21 Å². The summed E-state index contributed by atoms with van der Waals surface area (Å²) in [4.78, 5) is 21.0. The standard InChI is InChI=1S/C32H35F3N4O3S/c33-32(34,35)27-5-1-2-6-29(27)43(41,42)39-17-3-4-25-8-7-24(22-28(25)39)23-30(40)38-20-13-31(14-21-38)11-18-37(19-12-31)26-9-15-36-16-10-26/h1-2,5-10,15-16,22H,3-4,11-14,17-21,23H2. The Morgan fingerprint density at radius 1 is 0.884 bits per heavy atom. The molecule has 228 valence electrons. The minimum atomic E-state index is -4.81. The minimum absolute atomic E-state index is 0.0170. The molecule has 1 aromatic heterocycles. The number of benzene rings is 2. The van der Waals surface area contributed by atoms with E-state index in [2.05, 4.69) is 9.88 Å². The number of hydrogen-bond donors (Lipinski definition) is 0. The quantitative estimate of drug-likeness (QED) is 0.370. The number of halogens is 3. The lowest BCUT2D eigenvalue weighted by molar-refractivity contribution is -0.140. The summed E-state index contributed by atoms with van der Waals surface area (Å²) in [5.74, 6) is -0.0170. The van der Waals surface area contributed by atoms with Crippen molar-refractivity contribution in [1.82, 2.24) is 9.88 Å². The summed E-state index contributed by atoms with van der Waals surface area (Å²) in [6, 6.07) is 13.7. The lowest BCUT2D eigenvalue weighted by Crippen LogP contribution is -2.48. The number of amides is 1. The number of fused-ring (bicyclic) bond motifs is 1. The molecule has 2 saturated heterocycles. The van der Waals surface area contributed by atoms with Gasteiger partial charge in [0, 0.05) is 50.8 Å². The van der Waals surface area contributed by atoms with Gasteiger partial charge in [0.15, 0.2) is 0 Å². The van der Waals surface area contributed by atoms with Gasteiger partial charge in [0.1, 0.15) is 0 Å². The van der Waals surface area contributed by atoms with Gasteiger partial charge in [0.2, 0.25) is 5.91 Å². The molecule has 3 aliphatic heterocycles. The molecule has 7 nitrogen and oxygen atoms in total. The van der Waals surface area contributed by atoms with Gasteiger partial charge in [0.25, 0.3) is 10.0 Å². The summed E-state index contributed by atoms with van der Waals surface area (Å²) >= 11 is 0. The molecule has 0 N–H and O–H groups in total. The van der Waals surface area contributed by atoms with Crippen molar-refractivity contribution in [2.45, 2.75) is 56.0 Å². The van der Waals surface area contributed by atoms with Gasteiger partial charge in [-0.25, -0.2) is 8.42 Å². The zero-order valence-corrected chi connectivity index (χ0v) is 24.7. The lowest BCUT2D eigenvalue weighted by Gasteiger charge is -2.47. The molecule has 3 aromatic rings. The first-order valence-corrected chi connectivity index (χ1v) is 16.2. The number of pyridine rings is 1. The van der Waals surface area contributed by atoms with E-state index in [1.165, 1.54) is 17.8 Å². The first-order chi connectivity index (χ1) is 20.6. The monoisotopic (exact) mass is 612 g/mol. The van der Waals surface area contributed by atoms with Crippen LogP contribution in [0.3, 0.4) is 0 Å². The van der Waals surface area contributed by atoms with Crippen LogP contribution in [0.1, 0.15) is 48.8 Å². The Balaban J connectivity index is 1.13. The number of carbonyl (C=O) groups is 1. The van der Waals surface area contributed by atoms with Crippen molar-refractivity contribution in [2.24, 2.45) is 5.41 Å². The topological polar surface area (TPSA) is 73.8 Å². The van der Waals surface area contributed by atoms with Crippen molar-refractivity contribution in [2.75, 3.05) is 41.9 Å². The lowest BCUT2D eigenvalue weighted by atomic mass is 9.71. The highest BCUT2D eigenvalue weighted by Gasteiger charge is 2.41. The summed E-state index contributed by atoms with van der Waals surface area (Å²) in [6.45, 7) is 3.42. The van der Waals surface area contributed by atoms with Gasteiger partial charge in [-0.3, -0.25) is 14.1 Å². The Bertz CT molecular complexity index is 1580. The van der Waals surface area contributed by atoms with Crippen LogP contribution in [0.25, 0.3) is 0 Å². The third-order valence-corrected chi connectivity index (χ3v) is 11.2. The number of carbonyl (C=O) groups excluding carboxylic acids is 1. The Hall–Kier alpha value is -3.60. The van der Waals surface area contributed by atoms with Gasteiger partial charge >= 0.3 is 6.18 Å². The first-order valence-electron chi connectivity index (χ1n) is 14.8. The maximum absolute atomic E-state index is 13.7. The van der Waals surface area contributed by atoms with Crippen LogP contribution in [-0.2, 0) is 33.8 Å². The predicted molar refractivity (Wildman–Crippen MR) is 158 cm³/mol. The van der Waals surface area contributed by atoms with Crippen LogP contribution in [0.5, 0.6) is 0 Å². The molecule has 0 unspecified atom stereocenters. The second-order valence-corrected chi connectivity index (χ2v) is 13.7. The van der Waals surface area contributed by atoms with E-state index in [0.717, 1.165) is 60.8 Å². The number of anilines is 2. The third-order valence-electron chi connectivity index (χ3n) is 9.37. The number of aryl methyl sites for hydroxylation is 1. The molecule has 0 saturated carbocycles. The Morgan fingerprint density at radius 3 is 2.26 bits per heavy atom. The molecule has 3 aliphatic rings. The summed E-state index contributed by atoms with van der Waals surface area (Å²) in [5.41, 5.74) is 2.01. The van der Waals surface area contributed by atoms with Crippen LogP contribution in [0.2, 0.25) is 0 Å². The van der Waals surface area contributed by atoms with Crippen molar-refractivity contribution >= 4 is 27.3 Å². The van der Waals surface area contributed by atoms with Crippen molar-refractivity contribution in [3.8, 4) is 0 Å². The second-order valence-electron chi connectivity index (χ2n) is 11.9. The van der Waals surface area contributed by atoms with Crippen LogP contribution in [-0.4, -0.2) is 56.9 Å². The van der Waals surface area contributed by atoms with Crippen LogP contribution in [0.15, 0.2) is 71.9 Å². The van der Waals surface area contributed by atoms with E-state index < -0.39 is 26.7 Å². The van der Waals surface area contributed by atoms with E-state index >= 15 is 0 Å². The maximum atomic E-state index is 13.7. The molecule has 0 atom stereocenters. The third kappa shape index (κ3) is 5.96. The minimum Gasteiger partial charge on any atom is -0.371 e. The molecular weight excluding hydrogens is 577 g/mol. The molecular formula is C32H35F3N4O3S. The van der Waals surface area contributed by atoms with E-state index in [1.54, 1.807) is 12.1 Å². The molecule has 2 fully saturated rings. The zero-order chi connectivity index (χ0) is 30.2. The SMILES string of the molecule is O=C(Cc1ccc2c(c1)N(S(=O)(=O)c1ccccc1C(F)(F)F)CCC2)N1CCC2(CC1)CCN(c1ccncc1)CC2. The average Bonchev–Trinajstić information content (AvgIpc) is 3.01. The van der Waals surface area contributed by atoms with Gasteiger partial charge in [0.05, 0.1) is 22.6 Å². The molecule has 11 heteroatoms. The fraction of sp³-hybridized carbons (Fsp3) is 0.438. The van der Waals surface area contributed by atoms with Gasteiger partial charge < -0.3 is 9.80 Å². The molecule has 43 heavy (non-hydrogen) atoms. The van der Waals surface area contributed by atoms with E-state index in [9.17, 15) is 26.4 Å². The first kappa shape index (κ1) is 29.5. The Morgan fingerprint density at radius 2 is 1.56 bits per heavy atom. The van der Waals surface area contributed by atoms with Gasteiger partial charge in [-0.15, -0.1) is 0 Å². The van der Waals surface area contributed by atoms with Gasteiger partial charge in [-0.05, 0) is 85.4 Å². The largest absolute Gasteiger partial charge is 0.417 e. The molecule has 1 spiro atoms. The van der Waals surface area contributed by atoms with Crippen molar-refractivity contribution in [3.05, 3.63) is 83.7 Å². The summed E-state index contributed by atoms with van der Waals surface area (Å²) in [6.07, 6.45) is 4.14. The second kappa shape index (κ2) is 11.5. The molecule has 0 aliphatic carbocycles. The molecule has 2 aromatic carbocycles. The normalized spacial score (nSPS) is 18.9. The van der Waals surface area contributed by atoms with Crippen molar-refractivity contribution < 1.29 is 26.4 Å². The maximum Gasteiger partial charge on any atom is 0.417 e. The van der Waals surface area contributed by atoms with Gasteiger partial charge in [-0.1, -0.05) is 24.3 Å².